The molecule has 0 N–H and O–H groups in total. The van der Waals surface area contributed by atoms with Gasteiger partial charge in [0.15, 0.2) is 5.58 Å². The van der Waals surface area contributed by atoms with E-state index in [2.05, 4.69) is 219 Å². The molecule has 0 spiro atoms. The van der Waals surface area contributed by atoms with Gasteiger partial charge in [-0.3, -0.25) is 0 Å². The maximum absolute atomic E-state index is 7.06. The van der Waals surface area contributed by atoms with Gasteiger partial charge in [0.05, 0.1) is 11.4 Å². The van der Waals surface area contributed by atoms with E-state index >= 15 is 0 Å². The summed E-state index contributed by atoms with van der Waals surface area (Å²) < 4.78 is 13.6. The summed E-state index contributed by atoms with van der Waals surface area (Å²) in [6.45, 7) is 4.69. The van der Waals surface area contributed by atoms with Crippen molar-refractivity contribution in [2.24, 2.45) is 0 Å². The molecule has 0 radical (unpaired) electrons. The first-order chi connectivity index (χ1) is 29.5. The normalized spacial score (nSPS) is 13.0. The fraction of sp³-hybridized carbons (Fsp3) is 0.0526. The summed E-state index contributed by atoms with van der Waals surface area (Å²) in [4.78, 5) is 2.40. The van der Waals surface area contributed by atoms with Gasteiger partial charge in [0, 0.05) is 38.2 Å². The van der Waals surface area contributed by atoms with E-state index in [-0.39, 0.29) is 5.41 Å². The van der Waals surface area contributed by atoms with E-state index in [1.165, 1.54) is 38.9 Å². The molecule has 60 heavy (non-hydrogen) atoms. The first-order valence-corrected chi connectivity index (χ1v) is 20.7. The Morgan fingerprint density at radius 3 is 1.70 bits per heavy atom. The minimum atomic E-state index is -0.164. The van der Waals surface area contributed by atoms with Crippen LogP contribution in [0.5, 0.6) is 0 Å². The summed E-state index contributed by atoms with van der Waals surface area (Å²) in [5, 5.41) is 4.18. The molecule has 284 valence electrons. The zero-order chi connectivity index (χ0) is 40.0. The van der Waals surface area contributed by atoms with Crippen LogP contribution in [0.1, 0.15) is 25.0 Å². The third-order valence-corrected chi connectivity index (χ3v) is 12.7. The average Bonchev–Trinajstić information content (AvgIpc) is 3.93. The Labute approximate surface area is 348 Å². The number of nitrogens with zero attached hydrogens (tertiary/aromatic N) is 1. The topological polar surface area (TPSA) is 29.5 Å². The number of para-hydroxylation sites is 2. The molecule has 0 saturated heterocycles. The lowest BCUT2D eigenvalue weighted by Gasteiger charge is -2.29. The number of rotatable bonds is 6. The highest BCUT2D eigenvalue weighted by atomic mass is 16.3. The molecule has 9 aromatic carbocycles. The van der Waals surface area contributed by atoms with Gasteiger partial charge < -0.3 is 13.7 Å². The molecule has 1 aliphatic rings. The molecule has 12 rings (SSSR count). The Kier molecular flexibility index (Phi) is 7.58. The molecule has 2 heterocycles. The highest BCUT2D eigenvalue weighted by Gasteiger charge is 2.36. The summed E-state index contributed by atoms with van der Waals surface area (Å²) in [5.74, 6) is 0. The zero-order valence-corrected chi connectivity index (χ0v) is 33.3. The van der Waals surface area contributed by atoms with Crippen molar-refractivity contribution in [2.45, 2.75) is 19.3 Å². The van der Waals surface area contributed by atoms with Crippen molar-refractivity contribution in [3.63, 3.8) is 0 Å². The van der Waals surface area contributed by atoms with E-state index in [0.29, 0.717) is 0 Å². The molecule has 0 saturated carbocycles. The van der Waals surface area contributed by atoms with Crippen molar-refractivity contribution in [1.82, 2.24) is 0 Å². The lowest BCUT2D eigenvalue weighted by atomic mass is 9.82. The van der Waals surface area contributed by atoms with Crippen LogP contribution in [0, 0.1) is 0 Å². The monoisotopic (exact) mass is 769 g/mol. The second kappa shape index (κ2) is 13.2. The van der Waals surface area contributed by atoms with Gasteiger partial charge in [-0.15, -0.1) is 0 Å². The number of benzene rings is 9. The van der Waals surface area contributed by atoms with Crippen molar-refractivity contribution in [3.05, 3.63) is 211 Å². The lowest BCUT2D eigenvalue weighted by Crippen LogP contribution is -2.17. The molecule has 0 unspecified atom stereocenters. The summed E-state index contributed by atoms with van der Waals surface area (Å²) in [6, 6.07) is 71.8. The predicted molar refractivity (Wildman–Crippen MR) is 250 cm³/mol. The van der Waals surface area contributed by atoms with Crippen LogP contribution in [0.25, 0.3) is 88.4 Å². The molecule has 11 aromatic rings. The second-order valence-electron chi connectivity index (χ2n) is 16.5. The Hall–Kier alpha value is -7.62. The molecular weight excluding hydrogens is 731 g/mol. The van der Waals surface area contributed by atoms with E-state index < -0.39 is 0 Å². The molecule has 0 amide bonds. The summed E-state index contributed by atoms with van der Waals surface area (Å²) in [6.07, 6.45) is 0. The zero-order valence-electron chi connectivity index (χ0n) is 33.3. The number of furan rings is 2. The first kappa shape index (κ1) is 34.4. The molecule has 3 heteroatoms. The van der Waals surface area contributed by atoms with Crippen LogP contribution in [0.15, 0.2) is 209 Å². The standard InChI is InChI=1S/C57H39NO2/c1-57(2)49-21-11-9-19-43(49)44-30-29-41(33-50(44)57)58(51-22-12-10-18-42(51)39-26-24-38(25-27-39)36-14-5-3-6-15-36)52-23-13-20-45-47-34-54-48(35-55(47)60-56(45)52)46-32-40(28-31-53(46)59-54)37-16-7-4-8-17-37/h3-35H,1-2H3. The van der Waals surface area contributed by atoms with E-state index in [9.17, 15) is 0 Å². The predicted octanol–water partition coefficient (Wildman–Crippen LogP) is 16.3. The maximum atomic E-state index is 7.06. The molecule has 1 aliphatic carbocycles. The van der Waals surface area contributed by atoms with Gasteiger partial charge in [-0.1, -0.05) is 166 Å². The van der Waals surface area contributed by atoms with Crippen LogP contribution in [-0.4, -0.2) is 0 Å². The molecule has 0 atom stereocenters. The molecule has 0 bridgehead atoms. The Morgan fingerprint density at radius 1 is 0.350 bits per heavy atom. The highest BCUT2D eigenvalue weighted by molar-refractivity contribution is 6.17. The van der Waals surface area contributed by atoms with E-state index in [4.69, 9.17) is 8.83 Å². The number of hydrogen-bond donors (Lipinski definition) is 0. The molecular formula is C57H39NO2. The SMILES string of the molecule is CC1(C)c2ccccc2-c2ccc(N(c3ccccc3-c3ccc(-c4ccccc4)cc3)c3cccc4c3oc3cc5c(cc34)oc3ccc(-c4ccccc4)cc35)cc21. The van der Waals surface area contributed by atoms with E-state index in [0.717, 1.165) is 77.6 Å². The van der Waals surface area contributed by atoms with Crippen molar-refractivity contribution in [1.29, 1.82) is 0 Å². The van der Waals surface area contributed by atoms with Gasteiger partial charge in [0.1, 0.15) is 16.7 Å². The van der Waals surface area contributed by atoms with Gasteiger partial charge in [-0.05, 0) is 98.6 Å². The van der Waals surface area contributed by atoms with Crippen molar-refractivity contribution >= 4 is 60.9 Å². The lowest BCUT2D eigenvalue weighted by molar-refractivity contribution is 0.660. The van der Waals surface area contributed by atoms with E-state index in [1.807, 2.05) is 0 Å². The van der Waals surface area contributed by atoms with Crippen LogP contribution in [0.4, 0.5) is 17.1 Å². The van der Waals surface area contributed by atoms with Crippen LogP contribution in [-0.2, 0) is 5.41 Å². The quantitative estimate of drug-likeness (QED) is 0.169. The summed E-state index contributed by atoms with van der Waals surface area (Å²) in [5.41, 5.74) is 18.6. The van der Waals surface area contributed by atoms with Gasteiger partial charge >= 0.3 is 0 Å². The third kappa shape index (κ3) is 5.29. The number of anilines is 3. The molecule has 0 aliphatic heterocycles. The second-order valence-corrected chi connectivity index (χ2v) is 16.5. The minimum Gasteiger partial charge on any atom is -0.456 e. The van der Waals surface area contributed by atoms with Crippen LogP contribution < -0.4 is 4.90 Å². The van der Waals surface area contributed by atoms with Gasteiger partial charge in [-0.2, -0.15) is 0 Å². The largest absolute Gasteiger partial charge is 0.456 e. The summed E-state index contributed by atoms with van der Waals surface area (Å²) in [7, 11) is 0. The Balaban J connectivity index is 1.06. The Bertz CT molecular complexity index is 3450. The van der Waals surface area contributed by atoms with Crippen LogP contribution in [0.3, 0.4) is 0 Å². The van der Waals surface area contributed by atoms with Crippen molar-refractivity contribution in [2.75, 3.05) is 4.90 Å². The third-order valence-electron chi connectivity index (χ3n) is 12.7. The molecule has 2 aromatic heterocycles. The highest BCUT2D eigenvalue weighted by Crippen LogP contribution is 2.52. The van der Waals surface area contributed by atoms with Crippen LogP contribution in [0.2, 0.25) is 0 Å². The smallest absolute Gasteiger partial charge is 0.159 e. The maximum Gasteiger partial charge on any atom is 0.159 e. The molecule has 3 nitrogen and oxygen atoms in total. The van der Waals surface area contributed by atoms with Crippen LogP contribution >= 0.6 is 0 Å². The van der Waals surface area contributed by atoms with Gasteiger partial charge in [0.2, 0.25) is 0 Å². The fourth-order valence-corrected chi connectivity index (χ4v) is 9.66. The summed E-state index contributed by atoms with van der Waals surface area (Å²) >= 11 is 0. The van der Waals surface area contributed by atoms with Crippen molar-refractivity contribution < 1.29 is 8.83 Å². The van der Waals surface area contributed by atoms with Gasteiger partial charge in [-0.25, -0.2) is 0 Å². The fourth-order valence-electron chi connectivity index (χ4n) is 9.66. The minimum absolute atomic E-state index is 0.164. The average molecular weight is 770 g/mol. The van der Waals surface area contributed by atoms with Gasteiger partial charge in [0.25, 0.3) is 0 Å². The van der Waals surface area contributed by atoms with E-state index in [1.54, 1.807) is 0 Å². The number of fused-ring (bicyclic) bond motifs is 9. The number of hydrogen-bond acceptors (Lipinski definition) is 3. The first-order valence-electron chi connectivity index (χ1n) is 20.7. The molecule has 0 fully saturated rings. The van der Waals surface area contributed by atoms with Crippen molar-refractivity contribution in [3.8, 4) is 44.5 Å². The Morgan fingerprint density at radius 2 is 0.917 bits per heavy atom.